The highest BCUT2D eigenvalue weighted by Crippen LogP contribution is 2.13. The van der Waals surface area contributed by atoms with Crippen molar-refractivity contribution in [2.45, 2.75) is 0 Å². The summed E-state index contributed by atoms with van der Waals surface area (Å²) in [7, 11) is 1.32. The van der Waals surface area contributed by atoms with Gasteiger partial charge in [-0.2, -0.15) is 0 Å². The van der Waals surface area contributed by atoms with Gasteiger partial charge in [0.15, 0.2) is 0 Å². The Labute approximate surface area is 78.1 Å². The van der Waals surface area contributed by atoms with Gasteiger partial charge < -0.3 is 9.15 Å². The van der Waals surface area contributed by atoms with Gasteiger partial charge in [-0.3, -0.25) is 0 Å². The van der Waals surface area contributed by atoms with E-state index in [0.717, 1.165) is 0 Å². The minimum atomic E-state index is -0.425. The molecule has 0 amide bonds. The van der Waals surface area contributed by atoms with Crippen LogP contribution in [0.1, 0.15) is 5.76 Å². The summed E-state index contributed by atoms with van der Waals surface area (Å²) in [5, 5.41) is 0. The van der Waals surface area contributed by atoms with Crippen molar-refractivity contribution in [3.8, 4) is 0 Å². The fourth-order valence-corrected chi connectivity index (χ4v) is 1.04. The first kappa shape index (κ1) is 9.06. The lowest BCUT2D eigenvalue weighted by Crippen LogP contribution is -1.98. The van der Waals surface area contributed by atoms with Crippen molar-refractivity contribution in [3.63, 3.8) is 0 Å². The normalized spacial score (nSPS) is 11.3. The van der Waals surface area contributed by atoms with Crippen LogP contribution in [0.5, 0.6) is 0 Å². The van der Waals surface area contributed by atoms with Crippen LogP contribution in [0.25, 0.3) is 6.08 Å². The van der Waals surface area contributed by atoms with Crippen molar-refractivity contribution in [1.82, 2.24) is 0 Å². The third-order valence-corrected chi connectivity index (χ3v) is 1.75. The summed E-state index contributed by atoms with van der Waals surface area (Å²) in [4.78, 5) is 10.9. The molecule has 1 aromatic heterocycles. The van der Waals surface area contributed by atoms with Gasteiger partial charge in [0.25, 0.3) is 0 Å². The smallest absolute Gasteiger partial charge is 0.345 e. The van der Waals surface area contributed by atoms with Crippen molar-refractivity contribution in [3.05, 3.63) is 28.6 Å². The second-order valence-electron chi connectivity index (χ2n) is 2.00. The molecule has 1 heterocycles. The lowest BCUT2D eigenvalue weighted by molar-refractivity contribution is -0.135. The predicted molar refractivity (Wildman–Crippen MR) is 47.6 cm³/mol. The molecule has 0 aliphatic carbocycles. The highest BCUT2D eigenvalue weighted by molar-refractivity contribution is 9.12. The van der Waals surface area contributed by atoms with Gasteiger partial charge >= 0.3 is 5.97 Å². The molecule has 1 rings (SSSR count). The number of hydrogen-bond donors (Lipinski definition) is 0. The van der Waals surface area contributed by atoms with E-state index in [-0.39, 0.29) is 0 Å². The van der Waals surface area contributed by atoms with Gasteiger partial charge in [0, 0.05) is 6.08 Å². The van der Waals surface area contributed by atoms with Crippen LogP contribution in [0.2, 0.25) is 0 Å². The zero-order chi connectivity index (χ0) is 8.97. The molecule has 0 N–H and O–H groups in total. The van der Waals surface area contributed by atoms with E-state index < -0.39 is 5.97 Å². The molecule has 0 saturated carbocycles. The predicted octanol–water partition coefficient (Wildman–Crippen LogP) is 2.19. The van der Waals surface area contributed by atoms with Crippen molar-refractivity contribution >= 4 is 28.0 Å². The van der Waals surface area contributed by atoms with Crippen molar-refractivity contribution in [2.24, 2.45) is 0 Å². The summed E-state index contributed by atoms with van der Waals surface area (Å²) in [6.07, 6.45) is 3.08. The van der Waals surface area contributed by atoms with Gasteiger partial charge in [-0.25, -0.2) is 4.79 Å². The molecule has 0 fully saturated rings. The molecule has 1 aromatic rings. The molecule has 4 heteroatoms. The van der Waals surface area contributed by atoms with Crippen LogP contribution in [0, 0.1) is 0 Å². The summed E-state index contributed by atoms with van der Waals surface area (Å²) in [5.41, 5.74) is 0. The van der Waals surface area contributed by atoms with E-state index >= 15 is 0 Å². The van der Waals surface area contributed by atoms with Gasteiger partial charge in [0.05, 0.1) is 13.4 Å². The Balaban J connectivity index is 2.76. The van der Waals surface area contributed by atoms with Crippen LogP contribution >= 0.6 is 15.9 Å². The van der Waals surface area contributed by atoms with E-state index in [1.165, 1.54) is 13.4 Å². The Kier molecular flexibility index (Phi) is 3.10. The van der Waals surface area contributed by atoms with E-state index in [1.807, 2.05) is 0 Å². The molecule has 0 radical (unpaired) electrons. The number of carbonyl (C=O) groups excluding carboxylic acids is 1. The molecule has 0 spiro atoms. The number of rotatable bonds is 2. The molecular weight excluding hydrogens is 224 g/mol. The fraction of sp³-hybridized carbons (Fsp3) is 0.125. The first-order chi connectivity index (χ1) is 5.74. The Morgan fingerprint density at radius 2 is 2.50 bits per heavy atom. The Morgan fingerprint density at radius 3 is 3.00 bits per heavy atom. The average molecular weight is 231 g/mol. The molecule has 0 aliphatic heterocycles. The monoisotopic (exact) mass is 230 g/mol. The lowest BCUT2D eigenvalue weighted by atomic mass is 10.4. The molecule has 3 nitrogen and oxygen atoms in total. The number of methoxy groups -OCH3 is 1. The van der Waals surface area contributed by atoms with E-state index in [4.69, 9.17) is 4.42 Å². The van der Waals surface area contributed by atoms with Crippen LogP contribution in [0.15, 0.2) is 27.3 Å². The molecule has 0 unspecified atom stereocenters. The summed E-state index contributed by atoms with van der Waals surface area (Å²) in [6, 6.07) is 3.48. The Bertz CT molecular complexity index is 287. The van der Waals surface area contributed by atoms with Gasteiger partial charge in [-0.15, -0.1) is 0 Å². The minimum Gasteiger partial charge on any atom is -0.465 e. The zero-order valence-corrected chi connectivity index (χ0v) is 8.00. The highest BCUT2D eigenvalue weighted by atomic mass is 79.9. The Hall–Kier alpha value is -1.03. The quantitative estimate of drug-likeness (QED) is 0.578. The molecule has 64 valence electrons. The first-order valence-electron chi connectivity index (χ1n) is 3.23. The van der Waals surface area contributed by atoms with E-state index in [2.05, 4.69) is 20.7 Å². The third kappa shape index (κ3) is 2.23. The van der Waals surface area contributed by atoms with Crippen LogP contribution < -0.4 is 0 Å². The maximum atomic E-state index is 10.9. The fourth-order valence-electron chi connectivity index (χ4n) is 0.655. The number of halogens is 1. The number of ether oxygens (including phenoxy) is 1. The summed E-state index contributed by atoms with van der Waals surface area (Å²) in [5.74, 6) is 0.179. The number of carbonyl (C=O) groups is 1. The molecule has 12 heavy (non-hydrogen) atoms. The summed E-state index contributed by atoms with van der Waals surface area (Å²) in [6.45, 7) is 0. The summed E-state index contributed by atoms with van der Waals surface area (Å²) >= 11 is 3.05. The first-order valence-corrected chi connectivity index (χ1v) is 4.02. The maximum absolute atomic E-state index is 10.9. The second kappa shape index (κ2) is 4.11. The molecule has 0 aromatic carbocycles. The Morgan fingerprint density at radius 1 is 1.75 bits per heavy atom. The van der Waals surface area contributed by atoms with Gasteiger partial charge in [0.2, 0.25) is 0 Å². The summed E-state index contributed by atoms with van der Waals surface area (Å²) < 4.78 is 9.78. The van der Waals surface area contributed by atoms with Gasteiger partial charge in [0.1, 0.15) is 10.2 Å². The number of esters is 1. The van der Waals surface area contributed by atoms with Crippen LogP contribution in [0.3, 0.4) is 0 Å². The van der Waals surface area contributed by atoms with Crippen LogP contribution in [-0.2, 0) is 9.53 Å². The van der Waals surface area contributed by atoms with Crippen molar-refractivity contribution < 1.29 is 13.9 Å². The molecule has 0 bridgehead atoms. The van der Waals surface area contributed by atoms with Crippen LogP contribution in [-0.4, -0.2) is 13.1 Å². The number of hydrogen-bond acceptors (Lipinski definition) is 3. The average Bonchev–Trinajstić information content (AvgIpc) is 2.55. The van der Waals surface area contributed by atoms with Crippen molar-refractivity contribution in [2.75, 3.05) is 7.11 Å². The van der Waals surface area contributed by atoms with Crippen LogP contribution in [0.4, 0.5) is 0 Å². The maximum Gasteiger partial charge on any atom is 0.345 e. The van der Waals surface area contributed by atoms with Gasteiger partial charge in [-0.05, 0) is 28.1 Å². The largest absolute Gasteiger partial charge is 0.465 e. The SMILES string of the molecule is COC(=O)/C(Br)=C/c1ccco1. The lowest BCUT2D eigenvalue weighted by Gasteiger charge is -1.94. The molecular formula is C8H7BrO3. The minimum absolute atomic E-state index is 0.333. The zero-order valence-electron chi connectivity index (χ0n) is 6.41. The molecule has 0 aliphatic rings. The molecule has 0 saturated heterocycles. The third-order valence-electron chi connectivity index (χ3n) is 1.19. The van der Waals surface area contributed by atoms with Crippen molar-refractivity contribution in [1.29, 1.82) is 0 Å². The second-order valence-corrected chi connectivity index (χ2v) is 2.85. The molecule has 0 atom stereocenters. The standard InChI is InChI=1S/C8H7BrO3/c1-11-8(10)7(9)5-6-3-2-4-12-6/h2-5H,1H3/b7-5-. The van der Waals surface area contributed by atoms with E-state index in [0.29, 0.717) is 10.2 Å². The van der Waals surface area contributed by atoms with E-state index in [1.54, 1.807) is 18.2 Å². The van der Waals surface area contributed by atoms with E-state index in [9.17, 15) is 4.79 Å². The number of furan rings is 1. The topological polar surface area (TPSA) is 39.4 Å². The van der Waals surface area contributed by atoms with Gasteiger partial charge in [-0.1, -0.05) is 0 Å². The highest BCUT2D eigenvalue weighted by Gasteiger charge is 2.05.